The smallest absolute Gasteiger partial charge is 0.254 e. The molecule has 5 rings (SSSR count). The summed E-state index contributed by atoms with van der Waals surface area (Å²) >= 11 is 1.82. The predicted molar refractivity (Wildman–Crippen MR) is 132 cm³/mol. The third-order valence-corrected chi connectivity index (χ3v) is 7.58. The fourth-order valence-electron chi connectivity index (χ4n) is 4.85. The third-order valence-electron chi connectivity index (χ3n) is 6.70. The molecule has 2 aromatic carbocycles. The lowest BCUT2D eigenvalue weighted by atomic mass is 9.99. The summed E-state index contributed by atoms with van der Waals surface area (Å²) in [6.45, 7) is 9.71. The van der Waals surface area contributed by atoms with Gasteiger partial charge in [0.2, 0.25) is 0 Å². The highest BCUT2D eigenvalue weighted by atomic mass is 32.1. The number of benzene rings is 2. The molecule has 0 saturated carbocycles. The maximum Gasteiger partial charge on any atom is 0.254 e. The van der Waals surface area contributed by atoms with E-state index in [1.807, 2.05) is 35.3 Å². The van der Waals surface area contributed by atoms with Gasteiger partial charge >= 0.3 is 0 Å². The number of amides is 1. The number of anilines is 1. The molecule has 5 nitrogen and oxygen atoms in total. The van der Waals surface area contributed by atoms with Crippen LogP contribution in [-0.4, -0.2) is 68.1 Å². The van der Waals surface area contributed by atoms with Gasteiger partial charge in [-0.15, -0.1) is 11.3 Å². The Bertz CT molecular complexity index is 1090. The van der Waals surface area contributed by atoms with E-state index in [1.165, 1.54) is 15.8 Å². The van der Waals surface area contributed by atoms with Crippen LogP contribution in [0, 0.1) is 0 Å². The molecule has 0 bridgehead atoms. The first-order chi connectivity index (χ1) is 15.7. The molecule has 2 aliphatic heterocycles. The number of thiophene rings is 1. The third kappa shape index (κ3) is 4.34. The van der Waals surface area contributed by atoms with E-state index < -0.39 is 0 Å². The Morgan fingerprint density at radius 1 is 1.03 bits per heavy atom. The van der Waals surface area contributed by atoms with Crippen molar-refractivity contribution in [1.29, 1.82) is 0 Å². The van der Waals surface area contributed by atoms with Gasteiger partial charge in [-0.3, -0.25) is 9.69 Å². The number of hydrogen-bond acceptors (Lipinski definition) is 5. The number of hydrogen-bond donors (Lipinski definition) is 0. The number of fused-ring (bicyclic) bond motifs is 2. The Morgan fingerprint density at radius 2 is 1.91 bits per heavy atom. The molecule has 6 heteroatoms. The van der Waals surface area contributed by atoms with Gasteiger partial charge in [0, 0.05) is 67.2 Å². The lowest BCUT2D eigenvalue weighted by Crippen LogP contribution is -2.46. The van der Waals surface area contributed by atoms with Crippen molar-refractivity contribution in [2.24, 2.45) is 0 Å². The topological polar surface area (TPSA) is 36.0 Å². The average molecular weight is 450 g/mol. The normalized spacial score (nSPS) is 17.1. The molecule has 0 N–H and O–H groups in total. The van der Waals surface area contributed by atoms with E-state index >= 15 is 0 Å². The molecule has 0 unspecified atom stereocenters. The zero-order chi connectivity index (χ0) is 21.9. The zero-order valence-corrected chi connectivity index (χ0v) is 19.6. The van der Waals surface area contributed by atoms with E-state index in [9.17, 15) is 4.79 Å². The van der Waals surface area contributed by atoms with Crippen molar-refractivity contribution in [2.75, 3.05) is 57.3 Å². The molecule has 1 amide bonds. The molecule has 3 heterocycles. The Morgan fingerprint density at radius 3 is 2.75 bits per heavy atom. The molecule has 168 valence electrons. The van der Waals surface area contributed by atoms with Crippen LogP contribution in [-0.2, 0) is 6.42 Å². The van der Waals surface area contributed by atoms with E-state index in [1.54, 1.807) is 0 Å². The van der Waals surface area contributed by atoms with Crippen LogP contribution in [0.2, 0.25) is 0 Å². The summed E-state index contributed by atoms with van der Waals surface area (Å²) in [7, 11) is 0. The van der Waals surface area contributed by atoms with Gasteiger partial charge in [-0.25, -0.2) is 0 Å². The first kappa shape index (κ1) is 21.3. The summed E-state index contributed by atoms with van der Waals surface area (Å²) < 4.78 is 7.39. The molecule has 2 aliphatic rings. The second-order valence-electron chi connectivity index (χ2n) is 8.59. The predicted octanol–water partition coefficient (Wildman–Crippen LogP) is 4.51. The second-order valence-corrected chi connectivity index (χ2v) is 9.54. The van der Waals surface area contributed by atoms with Crippen LogP contribution in [0.15, 0.2) is 47.8 Å². The Balaban J connectivity index is 1.08. The molecule has 0 atom stereocenters. The van der Waals surface area contributed by atoms with Crippen LogP contribution < -0.4 is 9.64 Å². The largest absolute Gasteiger partial charge is 0.494 e. The first-order valence-corrected chi connectivity index (χ1v) is 12.6. The second kappa shape index (κ2) is 9.51. The highest BCUT2D eigenvalue weighted by Crippen LogP contribution is 2.31. The van der Waals surface area contributed by atoms with E-state index in [2.05, 4.69) is 45.5 Å². The highest BCUT2D eigenvalue weighted by Gasteiger charge is 2.23. The van der Waals surface area contributed by atoms with Gasteiger partial charge in [0.25, 0.3) is 5.91 Å². The summed E-state index contributed by atoms with van der Waals surface area (Å²) in [5.41, 5.74) is 3.33. The maximum absolute atomic E-state index is 12.4. The van der Waals surface area contributed by atoms with Crippen LogP contribution in [0.5, 0.6) is 5.75 Å². The summed E-state index contributed by atoms with van der Waals surface area (Å²) in [6.07, 6.45) is 1.93. The van der Waals surface area contributed by atoms with Gasteiger partial charge in [0.1, 0.15) is 5.75 Å². The Kier molecular flexibility index (Phi) is 6.32. The fraction of sp³-hybridized carbons (Fsp3) is 0.423. The van der Waals surface area contributed by atoms with Crippen molar-refractivity contribution in [3.63, 3.8) is 0 Å². The lowest BCUT2D eigenvalue weighted by molar-refractivity contribution is 0.0749. The molecule has 0 spiro atoms. The van der Waals surface area contributed by atoms with Gasteiger partial charge in [-0.05, 0) is 67.1 Å². The van der Waals surface area contributed by atoms with Gasteiger partial charge in [-0.1, -0.05) is 6.07 Å². The molecular weight excluding hydrogens is 418 g/mol. The lowest BCUT2D eigenvalue weighted by Gasteiger charge is -2.36. The van der Waals surface area contributed by atoms with Crippen molar-refractivity contribution in [2.45, 2.75) is 19.8 Å². The summed E-state index contributed by atoms with van der Waals surface area (Å²) in [5.74, 6) is 1.03. The molecule has 1 aromatic heterocycles. The van der Waals surface area contributed by atoms with Crippen LogP contribution in [0.3, 0.4) is 0 Å². The van der Waals surface area contributed by atoms with Gasteiger partial charge < -0.3 is 14.5 Å². The van der Waals surface area contributed by atoms with Crippen LogP contribution in [0.1, 0.15) is 29.3 Å². The summed E-state index contributed by atoms with van der Waals surface area (Å²) in [4.78, 5) is 19.4. The Hall–Kier alpha value is -2.57. The van der Waals surface area contributed by atoms with Gasteiger partial charge in [-0.2, -0.15) is 0 Å². The number of carbonyl (C=O) groups is 1. The van der Waals surface area contributed by atoms with Crippen LogP contribution >= 0.6 is 11.3 Å². The number of piperazine rings is 1. The molecule has 3 aromatic rings. The van der Waals surface area contributed by atoms with E-state index in [0.29, 0.717) is 6.61 Å². The van der Waals surface area contributed by atoms with E-state index in [0.717, 1.165) is 75.5 Å². The Labute approximate surface area is 194 Å². The standard InChI is InChI=1S/C26H31N3O2S/c1-2-28-12-9-20-19-21(7-8-22(20)26(28)30)31-17-4-11-27-13-15-29(16-14-27)24-5-3-6-25-23(24)10-18-32-25/h3,5-8,10,18-19H,2,4,9,11-17H2,1H3. The van der Waals surface area contributed by atoms with E-state index in [-0.39, 0.29) is 5.91 Å². The van der Waals surface area contributed by atoms with Crippen molar-refractivity contribution < 1.29 is 9.53 Å². The summed E-state index contributed by atoms with van der Waals surface area (Å²) in [6, 6.07) is 14.8. The molecule has 32 heavy (non-hydrogen) atoms. The zero-order valence-electron chi connectivity index (χ0n) is 18.8. The minimum absolute atomic E-state index is 0.148. The minimum atomic E-state index is 0.148. The number of carbonyl (C=O) groups excluding carboxylic acids is 1. The van der Waals surface area contributed by atoms with Crippen molar-refractivity contribution in [1.82, 2.24) is 9.80 Å². The number of ether oxygens (including phenoxy) is 1. The molecular formula is C26H31N3O2S. The van der Waals surface area contributed by atoms with Gasteiger partial charge in [0.15, 0.2) is 0 Å². The highest BCUT2D eigenvalue weighted by molar-refractivity contribution is 7.17. The first-order valence-electron chi connectivity index (χ1n) is 11.7. The van der Waals surface area contributed by atoms with Gasteiger partial charge in [0.05, 0.1) is 6.61 Å². The summed E-state index contributed by atoms with van der Waals surface area (Å²) in [5, 5.41) is 3.57. The maximum atomic E-state index is 12.4. The fourth-order valence-corrected chi connectivity index (χ4v) is 5.66. The monoisotopic (exact) mass is 449 g/mol. The number of likely N-dealkylation sites (N-methyl/N-ethyl adjacent to an activating group) is 1. The molecule has 1 fully saturated rings. The van der Waals surface area contributed by atoms with E-state index in [4.69, 9.17) is 4.74 Å². The minimum Gasteiger partial charge on any atom is -0.494 e. The SMILES string of the molecule is CCN1CCc2cc(OCCCN3CCN(c4cccc5sccc45)CC3)ccc2C1=O. The number of nitrogens with zero attached hydrogens (tertiary/aromatic N) is 3. The van der Waals surface area contributed by atoms with Crippen molar-refractivity contribution >= 4 is 33.0 Å². The van der Waals surface area contributed by atoms with Crippen molar-refractivity contribution in [3.05, 3.63) is 59.0 Å². The van der Waals surface area contributed by atoms with Crippen LogP contribution in [0.25, 0.3) is 10.1 Å². The quantitative estimate of drug-likeness (QED) is 0.497. The van der Waals surface area contributed by atoms with Crippen molar-refractivity contribution in [3.8, 4) is 5.75 Å². The van der Waals surface area contributed by atoms with Crippen LogP contribution in [0.4, 0.5) is 5.69 Å². The average Bonchev–Trinajstić information content (AvgIpc) is 3.32. The molecule has 1 saturated heterocycles. The molecule has 0 aliphatic carbocycles. The molecule has 0 radical (unpaired) electrons. The number of rotatable bonds is 7.